The van der Waals surface area contributed by atoms with Gasteiger partial charge in [-0.2, -0.15) is 0 Å². The molecule has 3 rings (SSSR count). The maximum absolute atomic E-state index is 11.4. The van der Waals surface area contributed by atoms with Crippen molar-refractivity contribution in [3.63, 3.8) is 0 Å². The van der Waals surface area contributed by atoms with E-state index in [9.17, 15) is 4.79 Å². The van der Waals surface area contributed by atoms with Crippen LogP contribution in [0.25, 0.3) is 0 Å². The summed E-state index contributed by atoms with van der Waals surface area (Å²) in [5.41, 5.74) is 8.02. The zero-order valence-electron chi connectivity index (χ0n) is 11.1. The second kappa shape index (κ2) is 5.42. The van der Waals surface area contributed by atoms with Crippen LogP contribution in [0, 0.1) is 5.92 Å². The summed E-state index contributed by atoms with van der Waals surface area (Å²) in [4.78, 5) is 11.4. The van der Waals surface area contributed by atoms with Crippen LogP contribution in [-0.4, -0.2) is 11.9 Å². The van der Waals surface area contributed by atoms with E-state index in [1.165, 1.54) is 17.7 Å². The minimum Gasteiger partial charge on any atom is -0.381 e. The van der Waals surface area contributed by atoms with E-state index in [4.69, 9.17) is 5.73 Å². The predicted octanol–water partition coefficient (Wildman–Crippen LogP) is 2.88. The van der Waals surface area contributed by atoms with Crippen LogP contribution in [0.2, 0.25) is 0 Å². The van der Waals surface area contributed by atoms with Crippen LogP contribution in [0.1, 0.15) is 44.6 Å². The van der Waals surface area contributed by atoms with Gasteiger partial charge in [0.05, 0.1) is 5.92 Å². The van der Waals surface area contributed by atoms with Gasteiger partial charge in [-0.25, -0.2) is 0 Å². The average Bonchev–Trinajstić information content (AvgIpc) is 2.79. The number of carbonyl (C=O) groups excluding carboxylic acids is 1. The van der Waals surface area contributed by atoms with Gasteiger partial charge in [-0.05, 0) is 24.5 Å². The Labute approximate surface area is 109 Å². The Kier molecular flexibility index (Phi) is 3.90. The highest BCUT2D eigenvalue weighted by atomic mass is 16.1. The first-order valence-corrected chi connectivity index (χ1v) is 6.92. The highest BCUT2D eigenvalue weighted by Crippen LogP contribution is 2.45. The SMILES string of the molecule is CC.NC(=O)C1CCCC2c3ccccc3NC12. The molecule has 1 fully saturated rings. The van der Waals surface area contributed by atoms with E-state index in [1.54, 1.807) is 0 Å². The van der Waals surface area contributed by atoms with E-state index in [0.717, 1.165) is 12.8 Å². The Morgan fingerprint density at radius 1 is 1.28 bits per heavy atom. The van der Waals surface area contributed by atoms with Crippen molar-refractivity contribution in [2.45, 2.75) is 45.1 Å². The number of amides is 1. The number of carbonyl (C=O) groups is 1. The van der Waals surface area contributed by atoms with Gasteiger partial charge >= 0.3 is 0 Å². The Morgan fingerprint density at radius 2 is 2.00 bits per heavy atom. The summed E-state index contributed by atoms with van der Waals surface area (Å²) >= 11 is 0. The van der Waals surface area contributed by atoms with Gasteiger partial charge in [0.1, 0.15) is 0 Å². The third kappa shape index (κ3) is 2.09. The molecule has 0 radical (unpaired) electrons. The van der Waals surface area contributed by atoms with Gasteiger partial charge in [-0.1, -0.05) is 38.5 Å². The molecule has 0 bridgehead atoms. The summed E-state index contributed by atoms with van der Waals surface area (Å²) in [6, 6.07) is 8.57. The molecule has 18 heavy (non-hydrogen) atoms. The molecule has 1 aromatic rings. The van der Waals surface area contributed by atoms with Crippen molar-refractivity contribution in [1.29, 1.82) is 0 Å². The molecule has 3 N–H and O–H groups in total. The van der Waals surface area contributed by atoms with Gasteiger partial charge in [0.25, 0.3) is 0 Å². The molecular formula is C15H22N2O. The molecule has 1 aromatic carbocycles. The lowest BCUT2D eigenvalue weighted by atomic mass is 9.76. The van der Waals surface area contributed by atoms with Crippen LogP contribution in [0.3, 0.4) is 0 Å². The molecule has 1 heterocycles. The van der Waals surface area contributed by atoms with Crippen molar-refractivity contribution in [1.82, 2.24) is 0 Å². The minimum absolute atomic E-state index is 0.00819. The Hall–Kier alpha value is -1.51. The number of hydrogen-bond acceptors (Lipinski definition) is 2. The fraction of sp³-hybridized carbons (Fsp3) is 0.533. The molecule has 3 heteroatoms. The largest absolute Gasteiger partial charge is 0.381 e. The van der Waals surface area contributed by atoms with Crippen molar-refractivity contribution < 1.29 is 4.79 Å². The summed E-state index contributed by atoms with van der Waals surface area (Å²) in [7, 11) is 0. The van der Waals surface area contributed by atoms with Crippen molar-refractivity contribution in [2.75, 3.05) is 5.32 Å². The number of rotatable bonds is 1. The first-order chi connectivity index (χ1) is 8.77. The molecule has 1 amide bonds. The smallest absolute Gasteiger partial charge is 0.222 e. The number of fused-ring (bicyclic) bond motifs is 3. The second-order valence-electron chi connectivity index (χ2n) is 4.80. The lowest BCUT2D eigenvalue weighted by molar-refractivity contribution is -0.123. The fourth-order valence-corrected chi connectivity index (χ4v) is 3.20. The van der Waals surface area contributed by atoms with Crippen LogP contribution in [-0.2, 0) is 4.79 Å². The molecule has 1 aliphatic heterocycles. The molecule has 0 saturated heterocycles. The summed E-state index contributed by atoms with van der Waals surface area (Å²) in [6.07, 6.45) is 3.20. The van der Waals surface area contributed by atoms with E-state index in [2.05, 4.69) is 23.5 Å². The third-order valence-corrected chi connectivity index (χ3v) is 3.95. The van der Waals surface area contributed by atoms with E-state index in [-0.39, 0.29) is 17.9 Å². The minimum atomic E-state index is -0.157. The van der Waals surface area contributed by atoms with Gasteiger partial charge in [-0.15, -0.1) is 0 Å². The van der Waals surface area contributed by atoms with Gasteiger partial charge in [-0.3, -0.25) is 4.79 Å². The van der Waals surface area contributed by atoms with Gasteiger partial charge < -0.3 is 11.1 Å². The molecule has 1 saturated carbocycles. The Bertz CT molecular complexity index is 430. The summed E-state index contributed by atoms with van der Waals surface area (Å²) in [6.45, 7) is 4.00. The summed E-state index contributed by atoms with van der Waals surface area (Å²) in [5, 5.41) is 3.47. The van der Waals surface area contributed by atoms with Crippen LogP contribution in [0.4, 0.5) is 5.69 Å². The van der Waals surface area contributed by atoms with Crippen molar-refractivity contribution in [3.05, 3.63) is 29.8 Å². The molecule has 2 aliphatic rings. The zero-order valence-corrected chi connectivity index (χ0v) is 11.1. The van der Waals surface area contributed by atoms with Crippen molar-refractivity contribution >= 4 is 11.6 Å². The van der Waals surface area contributed by atoms with E-state index < -0.39 is 0 Å². The first-order valence-electron chi connectivity index (χ1n) is 6.92. The average molecular weight is 246 g/mol. The first kappa shape index (κ1) is 12.9. The molecule has 3 atom stereocenters. The number of primary amides is 1. The third-order valence-electron chi connectivity index (χ3n) is 3.95. The number of benzene rings is 1. The normalized spacial score (nSPS) is 28.2. The standard InChI is InChI=1S/C13H16N2O.C2H6/c14-13(16)10-6-3-5-9-8-4-1-2-7-11(8)15-12(9)10;1-2/h1-2,4,7,9-10,12,15H,3,5-6H2,(H2,14,16);1-2H3. The molecule has 3 unspecified atom stereocenters. The van der Waals surface area contributed by atoms with E-state index >= 15 is 0 Å². The number of nitrogens with two attached hydrogens (primary N) is 1. The van der Waals surface area contributed by atoms with Crippen molar-refractivity contribution in [2.24, 2.45) is 11.7 Å². The van der Waals surface area contributed by atoms with Gasteiger partial charge in [0.15, 0.2) is 0 Å². The maximum Gasteiger partial charge on any atom is 0.222 e. The molecule has 0 spiro atoms. The lowest BCUT2D eigenvalue weighted by Gasteiger charge is -2.32. The molecule has 0 aromatic heterocycles. The molecule has 98 valence electrons. The topological polar surface area (TPSA) is 55.1 Å². The quantitative estimate of drug-likeness (QED) is 0.800. The fourth-order valence-electron chi connectivity index (χ4n) is 3.20. The Morgan fingerprint density at radius 3 is 2.72 bits per heavy atom. The van der Waals surface area contributed by atoms with Crippen molar-refractivity contribution in [3.8, 4) is 0 Å². The lowest BCUT2D eigenvalue weighted by Crippen LogP contribution is -2.41. The van der Waals surface area contributed by atoms with E-state index in [0.29, 0.717) is 5.92 Å². The van der Waals surface area contributed by atoms with Crippen LogP contribution in [0.15, 0.2) is 24.3 Å². The Balaban J connectivity index is 0.000000574. The number of para-hydroxylation sites is 1. The number of anilines is 1. The monoisotopic (exact) mass is 246 g/mol. The predicted molar refractivity (Wildman–Crippen MR) is 74.5 cm³/mol. The molecule has 3 nitrogen and oxygen atoms in total. The van der Waals surface area contributed by atoms with Crippen LogP contribution < -0.4 is 11.1 Å². The van der Waals surface area contributed by atoms with Crippen LogP contribution in [0.5, 0.6) is 0 Å². The summed E-state index contributed by atoms with van der Waals surface area (Å²) in [5.74, 6) is 0.309. The highest BCUT2D eigenvalue weighted by molar-refractivity contribution is 5.79. The maximum atomic E-state index is 11.4. The second-order valence-corrected chi connectivity index (χ2v) is 4.80. The highest BCUT2D eigenvalue weighted by Gasteiger charge is 2.41. The summed E-state index contributed by atoms with van der Waals surface area (Å²) < 4.78 is 0. The van der Waals surface area contributed by atoms with Gasteiger partial charge in [0, 0.05) is 17.6 Å². The zero-order chi connectivity index (χ0) is 13.1. The number of hydrogen-bond donors (Lipinski definition) is 2. The van der Waals surface area contributed by atoms with Gasteiger partial charge in [0.2, 0.25) is 5.91 Å². The number of nitrogens with one attached hydrogen (secondary N) is 1. The molecular weight excluding hydrogens is 224 g/mol. The molecule has 1 aliphatic carbocycles. The van der Waals surface area contributed by atoms with E-state index in [1.807, 2.05) is 19.9 Å². The van der Waals surface area contributed by atoms with Crippen LogP contribution >= 0.6 is 0 Å².